The van der Waals surface area contributed by atoms with E-state index in [0.717, 1.165) is 54.6 Å². The third-order valence-electron chi connectivity index (χ3n) is 5.71. The van der Waals surface area contributed by atoms with Gasteiger partial charge in [0.1, 0.15) is 0 Å². The molecule has 0 aromatic heterocycles. The standard InChI is InChI=1S/C23H28ClN3O3/c1-2-27(15-18-5-8-21-22(13-18)30-16-29-21)23(28)25-20-9-11-26(12-10-20)14-17-3-6-19(24)7-4-17/h3-8,13,20H,2,9-12,14-16H2,1H3,(H,25,28). The molecule has 4 rings (SSSR count). The van der Waals surface area contributed by atoms with Crippen LogP contribution in [0.4, 0.5) is 4.79 Å². The van der Waals surface area contributed by atoms with Crippen LogP contribution in [0.1, 0.15) is 30.9 Å². The summed E-state index contributed by atoms with van der Waals surface area (Å²) in [5.41, 5.74) is 2.30. The molecular weight excluding hydrogens is 402 g/mol. The molecule has 7 heteroatoms. The van der Waals surface area contributed by atoms with Crippen LogP contribution < -0.4 is 14.8 Å². The van der Waals surface area contributed by atoms with Gasteiger partial charge in [0.15, 0.2) is 11.5 Å². The second kappa shape index (κ2) is 9.58. The van der Waals surface area contributed by atoms with Gasteiger partial charge in [-0.2, -0.15) is 0 Å². The number of fused-ring (bicyclic) bond motifs is 1. The Morgan fingerprint density at radius 2 is 1.80 bits per heavy atom. The second-order valence-electron chi connectivity index (χ2n) is 7.83. The smallest absolute Gasteiger partial charge is 0.317 e. The van der Waals surface area contributed by atoms with E-state index in [1.165, 1.54) is 5.56 Å². The lowest BCUT2D eigenvalue weighted by Crippen LogP contribution is -2.48. The van der Waals surface area contributed by atoms with Gasteiger partial charge in [-0.15, -0.1) is 0 Å². The number of nitrogens with zero attached hydrogens (tertiary/aromatic N) is 2. The molecule has 0 atom stereocenters. The van der Waals surface area contributed by atoms with Crippen molar-refractivity contribution < 1.29 is 14.3 Å². The molecule has 6 nitrogen and oxygen atoms in total. The van der Waals surface area contributed by atoms with Crippen molar-refractivity contribution in [3.05, 3.63) is 58.6 Å². The van der Waals surface area contributed by atoms with Crippen molar-refractivity contribution in [2.24, 2.45) is 0 Å². The predicted molar refractivity (Wildman–Crippen MR) is 117 cm³/mol. The van der Waals surface area contributed by atoms with E-state index in [2.05, 4.69) is 22.3 Å². The molecule has 160 valence electrons. The topological polar surface area (TPSA) is 54.0 Å². The average molecular weight is 430 g/mol. The molecule has 0 radical (unpaired) electrons. The number of hydrogen-bond donors (Lipinski definition) is 1. The number of ether oxygens (including phenoxy) is 2. The Morgan fingerprint density at radius 1 is 1.10 bits per heavy atom. The number of benzene rings is 2. The Kier molecular flexibility index (Phi) is 6.65. The van der Waals surface area contributed by atoms with E-state index in [9.17, 15) is 4.79 Å². The monoisotopic (exact) mass is 429 g/mol. The van der Waals surface area contributed by atoms with Gasteiger partial charge in [0.2, 0.25) is 6.79 Å². The average Bonchev–Trinajstić information content (AvgIpc) is 3.23. The highest BCUT2D eigenvalue weighted by Gasteiger charge is 2.23. The molecular formula is C23H28ClN3O3. The van der Waals surface area contributed by atoms with Crippen molar-refractivity contribution in [1.82, 2.24) is 15.1 Å². The molecule has 0 spiro atoms. The summed E-state index contributed by atoms with van der Waals surface area (Å²) >= 11 is 5.97. The maximum atomic E-state index is 12.8. The van der Waals surface area contributed by atoms with Crippen molar-refractivity contribution in [3.63, 3.8) is 0 Å². The zero-order valence-corrected chi connectivity index (χ0v) is 18.0. The van der Waals surface area contributed by atoms with Gasteiger partial charge in [-0.1, -0.05) is 29.8 Å². The summed E-state index contributed by atoms with van der Waals surface area (Å²) in [5.74, 6) is 1.51. The van der Waals surface area contributed by atoms with Gasteiger partial charge in [-0.05, 0) is 55.2 Å². The van der Waals surface area contributed by atoms with E-state index in [1.54, 1.807) is 0 Å². The van der Waals surface area contributed by atoms with Crippen molar-refractivity contribution in [1.29, 1.82) is 0 Å². The number of piperidine rings is 1. The van der Waals surface area contributed by atoms with Gasteiger partial charge in [0.05, 0.1) is 0 Å². The first-order valence-electron chi connectivity index (χ1n) is 10.5. The largest absolute Gasteiger partial charge is 0.454 e. The molecule has 1 saturated heterocycles. The number of carbonyl (C=O) groups is 1. The van der Waals surface area contributed by atoms with Crippen LogP contribution in [0.5, 0.6) is 11.5 Å². The number of likely N-dealkylation sites (tertiary alicyclic amines) is 1. The number of urea groups is 1. The van der Waals surface area contributed by atoms with Crippen LogP contribution in [-0.4, -0.2) is 48.3 Å². The third-order valence-corrected chi connectivity index (χ3v) is 5.97. The Balaban J connectivity index is 1.25. The molecule has 2 aliphatic heterocycles. The molecule has 0 aliphatic carbocycles. The fourth-order valence-electron chi connectivity index (χ4n) is 3.94. The minimum Gasteiger partial charge on any atom is -0.454 e. The van der Waals surface area contributed by atoms with Crippen molar-refractivity contribution in [2.45, 2.75) is 38.9 Å². The van der Waals surface area contributed by atoms with Crippen LogP contribution in [0.2, 0.25) is 5.02 Å². The molecule has 2 heterocycles. The third kappa shape index (κ3) is 5.18. The highest BCUT2D eigenvalue weighted by atomic mass is 35.5. The van der Waals surface area contributed by atoms with Gasteiger partial charge in [0, 0.05) is 43.8 Å². The lowest BCUT2D eigenvalue weighted by Gasteiger charge is -2.33. The zero-order chi connectivity index (χ0) is 20.9. The summed E-state index contributed by atoms with van der Waals surface area (Å²) in [6.45, 7) is 6.32. The fraction of sp³-hybridized carbons (Fsp3) is 0.435. The lowest BCUT2D eigenvalue weighted by atomic mass is 10.0. The zero-order valence-electron chi connectivity index (χ0n) is 17.3. The number of carbonyl (C=O) groups excluding carboxylic acids is 1. The van der Waals surface area contributed by atoms with Crippen molar-refractivity contribution in [3.8, 4) is 11.5 Å². The van der Waals surface area contributed by atoms with Gasteiger partial charge in [-0.25, -0.2) is 4.79 Å². The molecule has 2 aromatic carbocycles. The first kappa shape index (κ1) is 20.8. The van der Waals surface area contributed by atoms with E-state index in [1.807, 2.05) is 42.2 Å². The van der Waals surface area contributed by atoms with Crippen molar-refractivity contribution in [2.75, 3.05) is 26.4 Å². The molecule has 2 aliphatic rings. The number of amides is 2. The quantitative estimate of drug-likeness (QED) is 0.745. The predicted octanol–water partition coefficient (Wildman–Crippen LogP) is 4.26. The van der Waals surface area contributed by atoms with E-state index in [0.29, 0.717) is 13.1 Å². The molecule has 2 aromatic rings. The number of hydrogen-bond acceptors (Lipinski definition) is 4. The minimum absolute atomic E-state index is 0.00804. The highest BCUT2D eigenvalue weighted by Crippen LogP contribution is 2.32. The maximum absolute atomic E-state index is 12.8. The molecule has 30 heavy (non-hydrogen) atoms. The van der Waals surface area contributed by atoms with Gasteiger partial charge >= 0.3 is 6.03 Å². The van der Waals surface area contributed by atoms with E-state index in [-0.39, 0.29) is 18.9 Å². The fourth-order valence-corrected chi connectivity index (χ4v) is 4.06. The van der Waals surface area contributed by atoms with E-state index >= 15 is 0 Å². The van der Waals surface area contributed by atoms with Crippen LogP contribution in [0.3, 0.4) is 0 Å². The van der Waals surface area contributed by atoms with Gasteiger partial charge in [0.25, 0.3) is 0 Å². The molecule has 2 amide bonds. The molecule has 0 bridgehead atoms. The number of rotatable bonds is 6. The van der Waals surface area contributed by atoms with Crippen molar-refractivity contribution >= 4 is 17.6 Å². The summed E-state index contributed by atoms with van der Waals surface area (Å²) in [7, 11) is 0. The molecule has 0 saturated carbocycles. The summed E-state index contributed by atoms with van der Waals surface area (Å²) < 4.78 is 10.8. The molecule has 1 N–H and O–H groups in total. The molecule has 1 fully saturated rings. The van der Waals surface area contributed by atoms with Crippen LogP contribution in [-0.2, 0) is 13.1 Å². The Morgan fingerprint density at radius 3 is 2.53 bits per heavy atom. The lowest BCUT2D eigenvalue weighted by molar-refractivity contribution is 0.168. The summed E-state index contributed by atoms with van der Waals surface area (Å²) in [5, 5.41) is 3.99. The maximum Gasteiger partial charge on any atom is 0.317 e. The first-order valence-corrected chi connectivity index (χ1v) is 10.9. The molecule has 0 unspecified atom stereocenters. The summed E-state index contributed by atoms with van der Waals surface area (Å²) in [6.07, 6.45) is 1.92. The first-order chi connectivity index (χ1) is 14.6. The Hall–Kier alpha value is -2.44. The SMILES string of the molecule is CCN(Cc1ccc2c(c1)OCO2)C(=O)NC1CCN(Cc2ccc(Cl)cc2)CC1. The number of nitrogens with one attached hydrogen (secondary N) is 1. The van der Waals surface area contributed by atoms with Crippen LogP contribution in [0.25, 0.3) is 0 Å². The van der Waals surface area contributed by atoms with E-state index in [4.69, 9.17) is 21.1 Å². The van der Waals surface area contributed by atoms with Crippen LogP contribution >= 0.6 is 11.6 Å². The van der Waals surface area contributed by atoms with Crippen LogP contribution in [0.15, 0.2) is 42.5 Å². The normalized spacial score (nSPS) is 16.5. The highest BCUT2D eigenvalue weighted by molar-refractivity contribution is 6.30. The van der Waals surface area contributed by atoms with Gasteiger partial charge in [-0.3, -0.25) is 4.90 Å². The summed E-state index contributed by atoms with van der Waals surface area (Å²) in [6, 6.07) is 14.1. The Bertz CT molecular complexity index is 866. The van der Waals surface area contributed by atoms with Crippen LogP contribution in [0, 0.1) is 0 Å². The van der Waals surface area contributed by atoms with E-state index < -0.39 is 0 Å². The van der Waals surface area contributed by atoms with Gasteiger partial charge < -0.3 is 19.7 Å². The number of halogens is 1. The second-order valence-corrected chi connectivity index (χ2v) is 8.26. The summed E-state index contributed by atoms with van der Waals surface area (Å²) in [4.78, 5) is 17.1. The Labute approximate surface area is 182 Å². The minimum atomic E-state index is -0.00804.